The van der Waals surface area contributed by atoms with Crippen LogP contribution in [0.2, 0.25) is 0 Å². The first kappa shape index (κ1) is 15.0. The molecule has 1 heterocycles. The van der Waals surface area contributed by atoms with Gasteiger partial charge in [0.1, 0.15) is 0 Å². The molecule has 6 nitrogen and oxygen atoms in total. The minimum atomic E-state index is 0.178. The molecule has 0 bridgehead atoms. The van der Waals surface area contributed by atoms with Crippen LogP contribution in [0.25, 0.3) is 0 Å². The van der Waals surface area contributed by atoms with E-state index in [1.54, 1.807) is 0 Å². The molecule has 0 saturated carbocycles. The molecule has 0 unspecified atom stereocenters. The summed E-state index contributed by atoms with van der Waals surface area (Å²) in [6.07, 6.45) is 0.891. The predicted molar refractivity (Wildman–Crippen MR) is 83.2 cm³/mol. The van der Waals surface area contributed by atoms with Gasteiger partial charge in [-0.3, -0.25) is 0 Å². The van der Waals surface area contributed by atoms with E-state index in [9.17, 15) is 0 Å². The second kappa shape index (κ2) is 7.42. The van der Waals surface area contributed by atoms with Crippen LogP contribution in [0.5, 0.6) is 6.01 Å². The molecule has 6 heteroatoms. The Balaban J connectivity index is 2.19. The van der Waals surface area contributed by atoms with E-state index >= 15 is 0 Å². The van der Waals surface area contributed by atoms with Crippen LogP contribution in [0.1, 0.15) is 25.8 Å². The van der Waals surface area contributed by atoms with Gasteiger partial charge in [0, 0.05) is 13.1 Å². The number of nitrogens with zero attached hydrogens (tertiary/aromatic N) is 4. The molecular weight excluding hydrogens is 266 g/mol. The minimum absolute atomic E-state index is 0.178. The van der Waals surface area contributed by atoms with Crippen LogP contribution in [0.4, 0.5) is 11.9 Å². The topological polar surface area (TPSA) is 77.2 Å². The first-order chi connectivity index (χ1) is 10.2. The summed E-state index contributed by atoms with van der Waals surface area (Å²) in [6.45, 7) is 6.13. The van der Waals surface area contributed by atoms with Crippen molar-refractivity contribution >= 4 is 11.9 Å². The highest BCUT2D eigenvalue weighted by molar-refractivity contribution is 5.37. The van der Waals surface area contributed by atoms with Gasteiger partial charge in [0.05, 0.1) is 6.61 Å². The lowest BCUT2D eigenvalue weighted by Gasteiger charge is -2.21. The molecule has 0 aliphatic carbocycles. The van der Waals surface area contributed by atoms with Crippen molar-refractivity contribution < 1.29 is 4.74 Å². The van der Waals surface area contributed by atoms with Crippen LogP contribution < -0.4 is 15.4 Å². The van der Waals surface area contributed by atoms with Crippen LogP contribution in [0.15, 0.2) is 30.3 Å². The molecule has 0 fully saturated rings. The third-order valence-corrected chi connectivity index (χ3v) is 2.94. The molecule has 0 radical (unpaired) electrons. The van der Waals surface area contributed by atoms with Crippen LogP contribution in [0, 0.1) is 0 Å². The monoisotopic (exact) mass is 287 g/mol. The van der Waals surface area contributed by atoms with Crippen molar-refractivity contribution in [2.24, 2.45) is 0 Å². The molecule has 2 aromatic rings. The van der Waals surface area contributed by atoms with Crippen molar-refractivity contribution in [3.05, 3.63) is 35.9 Å². The van der Waals surface area contributed by atoms with Crippen molar-refractivity contribution in [2.45, 2.75) is 26.8 Å². The van der Waals surface area contributed by atoms with E-state index in [2.05, 4.69) is 34.0 Å². The smallest absolute Gasteiger partial charge is 0.323 e. The summed E-state index contributed by atoms with van der Waals surface area (Å²) < 4.78 is 5.45. The van der Waals surface area contributed by atoms with Crippen LogP contribution in [-0.2, 0) is 6.54 Å². The Morgan fingerprint density at radius 1 is 1.10 bits per heavy atom. The minimum Gasteiger partial charge on any atom is -0.463 e. The molecule has 112 valence electrons. The summed E-state index contributed by atoms with van der Waals surface area (Å²) in [5.41, 5.74) is 6.94. The van der Waals surface area contributed by atoms with Gasteiger partial charge in [0.25, 0.3) is 0 Å². The Hall–Kier alpha value is -2.37. The van der Waals surface area contributed by atoms with Gasteiger partial charge in [-0.25, -0.2) is 0 Å². The van der Waals surface area contributed by atoms with Gasteiger partial charge in [-0.2, -0.15) is 15.0 Å². The Kier molecular flexibility index (Phi) is 5.31. The summed E-state index contributed by atoms with van der Waals surface area (Å²) >= 11 is 0. The van der Waals surface area contributed by atoms with Gasteiger partial charge < -0.3 is 15.4 Å². The predicted octanol–water partition coefficient (Wildman–Crippen LogP) is 2.27. The Morgan fingerprint density at radius 3 is 2.52 bits per heavy atom. The van der Waals surface area contributed by atoms with E-state index in [1.807, 2.05) is 30.0 Å². The van der Waals surface area contributed by atoms with E-state index in [1.165, 1.54) is 5.56 Å². The average Bonchev–Trinajstić information content (AvgIpc) is 2.51. The Morgan fingerprint density at radius 2 is 1.86 bits per heavy atom. The van der Waals surface area contributed by atoms with E-state index in [-0.39, 0.29) is 12.0 Å². The van der Waals surface area contributed by atoms with Crippen LogP contribution in [0.3, 0.4) is 0 Å². The summed E-state index contributed by atoms with van der Waals surface area (Å²) in [5, 5.41) is 0. The zero-order valence-corrected chi connectivity index (χ0v) is 12.5. The van der Waals surface area contributed by atoms with Gasteiger partial charge in [0.15, 0.2) is 0 Å². The highest BCUT2D eigenvalue weighted by Crippen LogP contribution is 2.16. The maximum absolute atomic E-state index is 5.75. The zero-order valence-electron chi connectivity index (χ0n) is 12.5. The zero-order chi connectivity index (χ0) is 15.1. The second-order valence-electron chi connectivity index (χ2n) is 4.62. The molecule has 1 aromatic carbocycles. The van der Waals surface area contributed by atoms with E-state index in [4.69, 9.17) is 10.5 Å². The fraction of sp³-hybridized carbons (Fsp3) is 0.400. The molecule has 0 amide bonds. The number of rotatable bonds is 7. The van der Waals surface area contributed by atoms with Gasteiger partial charge in [-0.1, -0.05) is 37.3 Å². The van der Waals surface area contributed by atoms with Gasteiger partial charge >= 0.3 is 6.01 Å². The summed E-state index contributed by atoms with van der Waals surface area (Å²) in [5.74, 6) is 0.720. The van der Waals surface area contributed by atoms with Crippen LogP contribution >= 0.6 is 0 Å². The van der Waals surface area contributed by atoms with Gasteiger partial charge in [-0.15, -0.1) is 0 Å². The Labute approximate surface area is 125 Å². The lowest BCUT2D eigenvalue weighted by Crippen LogP contribution is -2.25. The van der Waals surface area contributed by atoms with E-state index in [0.29, 0.717) is 19.1 Å². The average molecular weight is 287 g/mol. The standard InChI is InChI=1S/C15H21N5O/c1-3-10-21-15-18-13(16)17-14(19-15)20(4-2)11-12-8-6-5-7-9-12/h5-9H,3-4,10-11H2,1-2H3,(H2,16,17,18,19). The molecule has 0 spiro atoms. The molecule has 0 aliphatic rings. The fourth-order valence-electron chi connectivity index (χ4n) is 1.89. The third-order valence-electron chi connectivity index (χ3n) is 2.94. The maximum atomic E-state index is 5.75. The van der Waals surface area contributed by atoms with Gasteiger partial charge in [0.2, 0.25) is 11.9 Å². The molecule has 1 aromatic heterocycles. The van der Waals surface area contributed by atoms with Crippen molar-refractivity contribution in [3.8, 4) is 6.01 Å². The number of aromatic nitrogens is 3. The van der Waals surface area contributed by atoms with Crippen molar-refractivity contribution in [3.63, 3.8) is 0 Å². The van der Waals surface area contributed by atoms with E-state index in [0.717, 1.165) is 13.0 Å². The molecule has 0 atom stereocenters. The number of ether oxygens (including phenoxy) is 1. The quantitative estimate of drug-likeness (QED) is 0.841. The molecule has 21 heavy (non-hydrogen) atoms. The SMILES string of the molecule is CCCOc1nc(N)nc(N(CC)Cc2ccccc2)n1. The largest absolute Gasteiger partial charge is 0.463 e. The molecular formula is C15H21N5O. The molecule has 0 saturated heterocycles. The summed E-state index contributed by atoms with van der Waals surface area (Å²) in [6, 6.07) is 10.5. The summed E-state index contributed by atoms with van der Waals surface area (Å²) in [7, 11) is 0. The number of anilines is 2. The van der Waals surface area contributed by atoms with E-state index < -0.39 is 0 Å². The van der Waals surface area contributed by atoms with Crippen molar-refractivity contribution in [1.29, 1.82) is 0 Å². The second-order valence-corrected chi connectivity index (χ2v) is 4.62. The maximum Gasteiger partial charge on any atom is 0.323 e. The number of hydrogen-bond donors (Lipinski definition) is 1. The highest BCUT2D eigenvalue weighted by atomic mass is 16.5. The Bertz CT molecular complexity index is 561. The van der Waals surface area contributed by atoms with Gasteiger partial charge in [-0.05, 0) is 18.9 Å². The molecule has 2 rings (SSSR count). The number of benzene rings is 1. The number of nitrogens with two attached hydrogens (primary N) is 1. The third kappa shape index (κ3) is 4.30. The first-order valence-corrected chi connectivity index (χ1v) is 7.16. The summed E-state index contributed by atoms with van der Waals surface area (Å²) in [4.78, 5) is 14.6. The number of nitrogen functional groups attached to an aromatic ring is 1. The lowest BCUT2D eigenvalue weighted by molar-refractivity contribution is 0.292. The lowest BCUT2D eigenvalue weighted by atomic mass is 10.2. The molecule has 0 aliphatic heterocycles. The van der Waals surface area contributed by atoms with Crippen molar-refractivity contribution in [1.82, 2.24) is 15.0 Å². The first-order valence-electron chi connectivity index (χ1n) is 7.16. The fourth-order valence-corrected chi connectivity index (χ4v) is 1.89. The normalized spacial score (nSPS) is 10.4. The van der Waals surface area contributed by atoms with Crippen LogP contribution in [-0.4, -0.2) is 28.1 Å². The molecule has 2 N–H and O–H groups in total. The van der Waals surface area contributed by atoms with Crippen molar-refractivity contribution in [2.75, 3.05) is 23.8 Å². The highest BCUT2D eigenvalue weighted by Gasteiger charge is 2.12. The number of hydrogen-bond acceptors (Lipinski definition) is 6.